The van der Waals surface area contributed by atoms with Gasteiger partial charge in [-0.25, -0.2) is 0 Å². The lowest BCUT2D eigenvalue weighted by atomic mass is 10.0. The SMILES string of the molecule is c1ccc(-c2ccc(N(c3ccc(-c4nccc5sc6ccccc6c45)cc3)c3cnc4c(c3)sc3ccccc34)cc2)cc1. The first kappa shape index (κ1) is 26.1. The fourth-order valence-corrected chi connectivity index (χ4v) is 8.44. The van der Waals surface area contributed by atoms with Gasteiger partial charge in [0.05, 0.1) is 27.8 Å². The minimum Gasteiger partial charge on any atom is -0.309 e. The molecule has 0 amide bonds. The van der Waals surface area contributed by atoms with Crippen LogP contribution in [0.25, 0.3) is 62.9 Å². The van der Waals surface area contributed by atoms with Crippen molar-refractivity contribution in [2.75, 3.05) is 4.90 Å². The zero-order valence-corrected chi connectivity index (χ0v) is 25.7. The summed E-state index contributed by atoms with van der Waals surface area (Å²) in [7, 11) is 0. The average molecular weight is 612 g/mol. The molecule has 0 saturated heterocycles. The van der Waals surface area contributed by atoms with E-state index in [-0.39, 0.29) is 0 Å². The molecule has 0 atom stereocenters. The Kier molecular flexibility index (Phi) is 6.18. The van der Waals surface area contributed by atoms with E-state index in [4.69, 9.17) is 9.97 Å². The van der Waals surface area contributed by atoms with Crippen molar-refractivity contribution in [3.8, 4) is 22.4 Å². The van der Waals surface area contributed by atoms with Gasteiger partial charge in [-0.15, -0.1) is 22.7 Å². The predicted molar refractivity (Wildman–Crippen MR) is 193 cm³/mol. The fourth-order valence-electron chi connectivity index (χ4n) is 6.24. The first-order valence-corrected chi connectivity index (χ1v) is 16.5. The molecule has 0 saturated carbocycles. The smallest absolute Gasteiger partial charge is 0.0890 e. The molecule has 45 heavy (non-hydrogen) atoms. The van der Waals surface area contributed by atoms with E-state index in [0.717, 1.165) is 33.8 Å². The van der Waals surface area contributed by atoms with Gasteiger partial charge in [0, 0.05) is 53.4 Å². The number of rotatable bonds is 5. The van der Waals surface area contributed by atoms with Gasteiger partial charge >= 0.3 is 0 Å². The molecule has 0 aliphatic rings. The second-order valence-corrected chi connectivity index (χ2v) is 13.2. The van der Waals surface area contributed by atoms with Crippen molar-refractivity contribution in [1.82, 2.24) is 9.97 Å². The van der Waals surface area contributed by atoms with Crippen molar-refractivity contribution in [2.45, 2.75) is 0 Å². The van der Waals surface area contributed by atoms with E-state index < -0.39 is 0 Å². The molecule has 4 heterocycles. The van der Waals surface area contributed by atoms with Crippen LogP contribution in [-0.4, -0.2) is 9.97 Å². The number of pyridine rings is 2. The summed E-state index contributed by atoms with van der Waals surface area (Å²) in [6.45, 7) is 0. The molecule has 5 heteroatoms. The molecule has 0 fully saturated rings. The highest BCUT2D eigenvalue weighted by Crippen LogP contribution is 2.42. The van der Waals surface area contributed by atoms with Crippen molar-refractivity contribution in [1.29, 1.82) is 0 Å². The van der Waals surface area contributed by atoms with Crippen LogP contribution in [0.15, 0.2) is 152 Å². The van der Waals surface area contributed by atoms with Crippen LogP contribution in [0.4, 0.5) is 17.1 Å². The van der Waals surface area contributed by atoms with Crippen molar-refractivity contribution < 1.29 is 0 Å². The Hall–Kier alpha value is -5.36. The van der Waals surface area contributed by atoms with E-state index >= 15 is 0 Å². The standard InChI is InChI=1S/C40H25N3S2/c1-2-8-26(9-3-1)27-14-18-29(19-15-27)43(31-24-37-40(42-25-31)33-11-5-7-13-35(33)45-37)30-20-16-28(17-21-30)39-38-32-10-4-6-12-34(32)44-36(38)22-23-41-39/h1-25H. The molecule has 0 bridgehead atoms. The summed E-state index contributed by atoms with van der Waals surface area (Å²) in [5.41, 5.74) is 8.74. The summed E-state index contributed by atoms with van der Waals surface area (Å²) >= 11 is 3.61. The molecular formula is C40H25N3S2. The molecule has 3 nitrogen and oxygen atoms in total. The molecule has 0 aliphatic heterocycles. The number of benzene rings is 5. The second kappa shape index (κ2) is 10.7. The maximum Gasteiger partial charge on any atom is 0.0890 e. The van der Waals surface area contributed by atoms with Gasteiger partial charge in [-0.05, 0) is 59.7 Å². The lowest BCUT2D eigenvalue weighted by Crippen LogP contribution is -2.10. The van der Waals surface area contributed by atoms with Crippen LogP contribution in [0.5, 0.6) is 0 Å². The Morgan fingerprint density at radius 2 is 1.04 bits per heavy atom. The second-order valence-electron chi connectivity index (χ2n) is 11.1. The zero-order chi connectivity index (χ0) is 29.7. The first-order chi connectivity index (χ1) is 22.3. The van der Waals surface area contributed by atoms with Crippen molar-refractivity contribution in [3.05, 3.63) is 152 Å². The van der Waals surface area contributed by atoms with Crippen LogP contribution in [-0.2, 0) is 0 Å². The Morgan fingerprint density at radius 3 is 1.80 bits per heavy atom. The maximum atomic E-state index is 4.99. The van der Waals surface area contributed by atoms with Gasteiger partial charge in [-0.1, -0.05) is 91.0 Å². The Bertz CT molecular complexity index is 2480. The number of fused-ring (bicyclic) bond motifs is 6. The summed E-state index contributed by atoms with van der Waals surface area (Å²) in [6, 6.07) is 49.6. The average Bonchev–Trinajstić information content (AvgIpc) is 3.68. The van der Waals surface area contributed by atoms with E-state index in [2.05, 4.69) is 144 Å². The zero-order valence-electron chi connectivity index (χ0n) is 24.1. The number of aromatic nitrogens is 2. The predicted octanol–water partition coefficient (Wildman–Crippen LogP) is 12.0. The maximum absolute atomic E-state index is 4.99. The molecular weight excluding hydrogens is 587 g/mol. The number of anilines is 3. The molecule has 5 aromatic carbocycles. The summed E-state index contributed by atoms with van der Waals surface area (Å²) in [5.74, 6) is 0. The molecule has 0 spiro atoms. The van der Waals surface area contributed by atoms with Gasteiger partial charge in [0.15, 0.2) is 0 Å². The number of thiophene rings is 2. The molecule has 9 rings (SSSR count). The van der Waals surface area contributed by atoms with E-state index in [1.54, 1.807) is 11.3 Å². The topological polar surface area (TPSA) is 29.0 Å². The highest BCUT2D eigenvalue weighted by Gasteiger charge is 2.17. The first-order valence-electron chi connectivity index (χ1n) is 14.9. The molecule has 0 radical (unpaired) electrons. The number of hydrogen-bond donors (Lipinski definition) is 0. The van der Waals surface area contributed by atoms with Gasteiger partial charge in [-0.3, -0.25) is 9.97 Å². The normalized spacial score (nSPS) is 11.6. The van der Waals surface area contributed by atoms with Crippen molar-refractivity contribution >= 4 is 80.2 Å². The summed E-state index contributed by atoms with van der Waals surface area (Å²) in [4.78, 5) is 12.2. The third-order valence-electron chi connectivity index (χ3n) is 8.38. The Labute approximate surface area is 268 Å². The van der Waals surface area contributed by atoms with Gasteiger partial charge in [0.2, 0.25) is 0 Å². The van der Waals surface area contributed by atoms with E-state index in [1.165, 1.54) is 46.1 Å². The van der Waals surface area contributed by atoms with Gasteiger partial charge in [0.1, 0.15) is 0 Å². The molecule has 0 unspecified atom stereocenters. The Morgan fingerprint density at radius 1 is 0.444 bits per heavy atom. The lowest BCUT2D eigenvalue weighted by Gasteiger charge is -2.25. The van der Waals surface area contributed by atoms with Crippen molar-refractivity contribution in [3.63, 3.8) is 0 Å². The highest BCUT2D eigenvalue weighted by molar-refractivity contribution is 7.26. The molecule has 9 aromatic rings. The minimum atomic E-state index is 1.02. The van der Waals surface area contributed by atoms with Crippen molar-refractivity contribution in [2.24, 2.45) is 0 Å². The summed E-state index contributed by atoms with van der Waals surface area (Å²) < 4.78 is 4.97. The van der Waals surface area contributed by atoms with E-state index in [0.29, 0.717) is 0 Å². The molecule has 0 aliphatic carbocycles. The highest BCUT2D eigenvalue weighted by atomic mass is 32.1. The van der Waals surface area contributed by atoms with Crippen LogP contribution in [0.3, 0.4) is 0 Å². The van der Waals surface area contributed by atoms with Gasteiger partial charge < -0.3 is 4.90 Å². The Balaban J connectivity index is 1.17. The van der Waals surface area contributed by atoms with Crippen LogP contribution in [0, 0.1) is 0 Å². The quantitative estimate of drug-likeness (QED) is 0.194. The number of nitrogens with zero attached hydrogens (tertiary/aromatic N) is 3. The lowest BCUT2D eigenvalue weighted by molar-refractivity contribution is 1.26. The third-order valence-corrected chi connectivity index (χ3v) is 10.6. The van der Waals surface area contributed by atoms with E-state index in [9.17, 15) is 0 Å². The van der Waals surface area contributed by atoms with E-state index in [1.807, 2.05) is 23.7 Å². The monoisotopic (exact) mass is 611 g/mol. The molecule has 4 aromatic heterocycles. The van der Waals surface area contributed by atoms with Crippen LogP contribution >= 0.6 is 22.7 Å². The van der Waals surface area contributed by atoms with Crippen LogP contribution < -0.4 is 4.90 Å². The summed E-state index contributed by atoms with van der Waals surface area (Å²) in [6.07, 6.45) is 3.92. The van der Waals surface area contributed by atoms with Crippen LogP contribution in [0.1, 0.15) is 0 Å². The summed E-state index contributed by atoms with van der Waals surface area (Å²) in [5, 5.41) is 3.68. The number of hydrogen-bond acceptors (Lipinski definition) is 5. The third kappa shape index (κ3) is 4.48. The molecule has 212 valence electrons. The van der Waals surface area contributed by atoms with Crippen LogP contribution in [0.2, 0.25) is 0 Å². The van der Waals surface area contributed by atoms with Gasteiger partial charge in [0.25, 0.3) is 0 Å². The largest absolute Gasteiger partial charge is 0.309 e. The molecule has 0 N–H and O–H groups in total. The minimum absolute atomic E-state index is 1.02. The fraction of sp³-hybridized carbons (Fsp3) is 0. The van der Waals surface area contributed by atoms with Gasteiger partial charge in [-0.2, -0.15) is 0 Å².